The summed E-state index contributed by atoms with van der Waals surface area (Å²) in [5.74, 6) is -0.491. The first kappa shape index (κ1) is 24.7. The first-order valence-corrected chi connectivity index (χ1v) is 14.4. The summed E-state index contributed by atoms with van der Waals surface area (Å²) in [6, 6.07) is 18.5. The summed E-state index contributed by atoms with van der Waals surface area (Å²) in [5, 5.41) is -0.672. The average molecular weight is 530 g/mol. The van der Waals surface area contributed by atoms with E-state index in [4.69, 9.17) is 0 Å². The highest BCUT2D eigenvalue weighted by atomic mass is 32.2. The van der Waals surface area contributed by atoms with Crippen LogP contribution in [-0.2, 0) is 22.7 Å². The second-order valence-electron chi connectivity index (χ2n) is 10.5. The third-order valence-electron chi connectivity index (χ3n) is 8.30. The van der Waals surface area contributed by atoms with Gasteiger partial charge >= 0.3 is 0 Å². The van der Waals surface area contributed by atoms with Crippen molar-refractivity contribution in [1.29, 1.82) is 0 Å². The van der Waals surface area contributed by atoms with E-state index in [0.29, 0.717) is 36.3 Å². The predicted molar refractivity (Wildman–Crippen MR) is 141 cm³/mol. The van der Waals surface area contributed by atoms with Crippen molar-refractivity contribution in [2.45, 2.75) is 49.2 Å². The number of nitrogens with zero attached hydrogens (tertiary/aromatic N) is 3. The standard InChI is InChI=1S/C30H28FN3O3S/c1-20-5-4-6-24(15-20)38(36,37)25-13-8-21-16-28-27(33-19-34(28)23-11-9-22(31)10-12-23)18-30(21,17-25)29(35)26-7-2-3-14-32-26/h2-7,9-12,14-15,19,21,25H,8,13,16-18H2,1H3/t21?,25-,30+/m0/s1. The van der Waals surface area contributed by atoms with Crippen LogP contribution in [0.3, 0.4) is 0 Å². The zero-order valence-corrected chi connectivity index (χ0v) is 21.9. The fourth-order valence-corrected chi connectivity index (χ4v) is 8.31. The Kier molecular flexibility index (Phi) is 6.02. The summed E-state index contributed by atoms with van der Waals surface area (Å²) in [6.07, 6.45) is 5.56. The van der Waals surface area contributed by atoms with E-state index in [2.05, 4.69) is 9.97 Å². The minimum absolute atomic E-state index is 0.0654. The Balaban J connectivity index is 1.43. The van der Waals surface area contributed by atoms with Gasteiger partial charge in [0, 0.05) is 29.4 Å². The molecule has 6 nitrogen and oxygen atoms in total. The highest BCUT2D eigenvalue weighted by molar-refractivity contribution is 7.92. The van der Waals surface area contributed by atoms with Crippen LogP contribution in [0.2, 0.25) is 0 Å². The molecule has 2 heterocycles. The van der Waals surface area contributed by atoms with Crippen LogP contribution in [0.15, 0.2) is 84.1 Å². The lowest BCUT2D eigenvalue weighted by atomic mass is 9.57. The van der Waals surface area contributed by atoms with Crippen LogP contribution in [0, 0.1) is 24.1 Å². The van der Waals surface area contributed by atoms with Gasteiger partial charge in [-0.1, -0.05) is 18.2 Å². The number of benzene rings is 2. The fraction of sp³-hybridized carbons (Fsp3) is 0.300. The summed E-state index contributed by atoms with van der Waals surface area (Å²) in [7, 11) is -3.64. The van der Waals surface area contributed by atoms with Crippen LogP contribution in [-0.4, -0.2) is 34.0 Å². The molecule has 0 N–H and O–H groups in total. The Morgan fingerprint density at radius 3 is 2.58 bits per heavy atom. The molecule has 2 aromatic heterocycles. The molecule has 0 radical (unpaired) electrons. The summed E-state index contributed by atoms with van der Waals surface area (Å²) in [5.41, 5.74) is 2.89. The minimum atomic E-state index is -3.64. The van der Waals surface area contributed by atoms with Crippen LogP contribution >= 0.6 is 0 Å². The number of hydrogen-bond donors (Lipinski definition) is 0. The van der Waals surface area contributed by atoms with Gasteiger partial charge in [-0.05, 0) is 92.6 Å². The van der Waals surface area contributed by atoms with E-state index in [1.807, 2.05) is 17.6 Å². The van der Waals surface area contributed by atoms with E-state index in [1.165, 1.54) is 12.1 Å². The lowest BCUT2D eigenvalue weighted by molar-refractivity contribution is 0.0483. The maximum Gasteiger partial charge on any atom is 0.188 e. The van der Waals surface area contributed by atoms with Crippen molar-refractivity contribution in [2.75, 3.05) is 0 Å². The van der Waals surface area contributed by atoms with Gasteiger partial charge in [0.15, 0.2) is 15.6 Å². The highest BCUT2D eigenvalue weighted by Crippen LogP contribution is 2.52. The molecule has 194 valence electrons. The van der Waals surface area contributed by atoms with Crippen LogP contribution in [0.25, 0.3) is 5.69 Å². The van der Waals surface area contributed by atoms with Crippen LogP contribution in [0.1, 0.15) is 46.7 Å². The molecule has 4 aromatic rings. The second-order valence-corrected chi connectivity index (χ2v) is 12.8. The zero-order valence-electron chi connectivity index (χ0n) is 21.0. The molecular formula is C30H28FN3O3S. The number of carbonyl (C=O) groups is 1. The number of rotatable bonds is 5. The Bertz CT molecular complexity index is 1620. The number of aromatic nitrogens is 3. The van der Waals surface area contributed by atoms with Crippen molar-refractivity contribution in [1.82, 2.24) is 14.5 Å². The summed E-state index contributed by atoms with van der Waals surface area (Å²) >= 11 is 0. The van der Waals surface area contributed by atoms with E-state index in [9.17, 15) is 17.6 Å². The molecule has 0 amide bonds. The van der Waals surface area contributed by atoms with Gasteiger partial charge in [0.1, 0.15) is 11.5 Å². The van der Waals surface area contributed by atoms with Gasteiger partial charge in [-0.25, -0.2) is 17.8 Å². The minimum Gasteiger partial charge on any atom is -0.303 e. The lowest BCUT2D eigenvalue weighted by Gasteiger charge is -2.48. The van der Waals surface area contributed by atoms with E-state index < -0.39 is 20.5 Å². The molecule has 2 aliphatic rings. The largest absolute Gasteiger partial charge is 0.303 e. The second kappa shape index (κ2) is 9.27. The SMILES string of the molecule is Cc1cccc(S(=O)(=O)[C@H]2CCC3Cc4c(ncn4-c4ccc(F)cc4)C[C@]3(C(=O)c3ccccn3)C2)c1. The quantitative estimate of drug-likeness (QED) is 0.327. The molecule has 2 aliphatic carbocycles. The maximum absolute atomic E-state index is 14.2. The smallest absolute Gasteiger partial charge is 0.188 e. The number of fused-ring (bicyclic) bond motifs is 2. The van der Waals surface area contributed by atoms with Gasteiger partial charge in [0.25, 0.3) is 0 Å². The van der Waals surface area contributed by atoms with Crippen molar-refractivity contribution in [2.24, 2.45) is 11.3 Å². The Labute approximate surface area is 221 Å². The average Bonchev–Trinajstić information content (AvgIpc) is 3.34. The molecule has 1 unspecified atom stereocenters. The Morgan fingerprint density at radius 1 is 1.03 bits per heavy atom. The molecule has 0 aliphatic heterocycles. The van der Waals surface area contributed by atoms with Gasteiger partial charge in [-0.3, -0.25) is 9.78 Å². The van der Waals surface area contributed by atoms with Gasteiger partial charge in [0.2, 0.25) is 0 Å². The van der Waals surface area contributed by atoms with Crippen molar-refractivity contribution in [3.05, 3.63) is 108 Å². The zero-order chi connectivity index (χ0) is 26.5. The van der Waals surface area contributed by atoms with Crippen LogP contribution in [0.4, 0.5) is 4.39 Å². The number of sulfone groups is 1. The molecule has 2 aromatic carbocycles. The number of hydrogen-bond acceptors (Lipinski definition) is 5. The third kappa shape index (κ3) is 4.07. The normalized spacial score (nSPS) is 22.9. The Morgan fingerprint density at radius 2 is 1.84 bits per heavy atom. The maximum atomic E-state index is 14.2. The van der Waals surface area contributed by atoms with Gasteiger partial charge in [-0.2, -0.15) is 0 Å². The van der Waals surface area contributed by atoms with Crippen molar-refractivity contribution in [3.63, 3.8) is 0 Å². The fourth-order valence-electron chi connectivity index (χ4n) is 6.34. The molecular weight excluding hydrogens is 501 g/mol. The van der Waals surface area contributed by atoms with Crippen LogP contribution < -0.4 is 0 Å². The lowest BCUT2D eigenvalue weighted by Crippen LogP contribution is -2.51. The molecule has 0 bridgehead atoms. The topological polar surface area (TPSA) is 81.9 Å². The number of pyridine rings is 1. The molecule has 6 rings (SSSR count). The van der Waals surface area contributed by atoms with Crippen molar-refractivity contribution in [3.8, 4) is 5.69 Å². The number of aryl methyl sites for hydroxylation is 1. The Hall–Kier alpha value is -3.65. The van der Waals surface area contributed by atoms with E-state index >= 15 is 0 Å². The van der Waals surface area contributed by atoms with E-state index in [0.717, 1.165) is 22.6 Å². The summed E-state index contributed by atoms with van der Waals surface area (Å²) in [4.78, 5) is 23.5. The highest BCUT2D eigenvalue weighted by Gasteiger charge is 2.55. The first-order chi connectivity index (χ1) is 18.3. The van der Waals surface area contributed by atoms with Crippen LogP contribution in [0.5, 0.6) is 0 Å². The predicted octanol–water partition coefficient (Wildman–Crippen LogP) is 5.33. The van der Waals surface area contributed by atoms with Gasteiger partial charge in [-0.15, -0.1) is 0 Å². The van der Waals surface area contributed by atoms with Gasteiger partial charge < -0.3 is 4.57 Å². The molecule has 0 spiro atoms. The number of halogens is 1. The summed E-state index contributed by atoms with van der Waals surface area (Å²) in [6.45, 7) is 1.88. The number of imidazole rings is 1. The number of Topliss-reactive ketones (excluding diaryl/α,β-unsaturated/α-hetero) is 1. The van der Waals surface area contributed by atoms with Gasteiger partial charge in [0.05, 0.1) is 22.2 Å². The van der Waals surface area contributed by atoms with E-state index in [-0.39, 0.29) is 23.9 Å². The summed E-state index contributed by atoms with van der Waals surface area (Å²) < 4.78 is 43.1. The molecule has 3 atom stereocenters. The molecule has 8 heteroatoms. The third-order valence-corrected chi connectivity index (χ3v) is 10.5. The number of ketones is 1. The number of carbonyl (C=O) groups excluding carboxylic acids is 1. The first-order valence-electron chi connectivity index (χ1n) is 12.9. The monoisotopic (exact) mass is 529 g/mol. The molecule has 1 fully saturated rings. The van der Waals surface area contributed by atoms with E-state index in [1.54, 1.807) is 61.1 Å². The molecule has 38 heavy (non-hydrogen) atoms. The molecule has 0 saturated heterocycles. The van der Waals surface area contributed by atoms with Crippen molar-refractivity contribution >= 4 is 15.6 Å². The van der Waals surface area contributed by atoms with Crippen molar-refractivity contribution < 1.29 is 17.6 Å². The molecule has 1 saturated carbocycles.